The van der Waals surface area contributed by atoms with E-state index in [2.05, 4.69) is 10.5 Å². The van der Waals surface area contributed by atoms with Gasteiger partial charge in [-0.2, -0.15) is 0 Å². The van der Waals surface area contributed by atoms with Crippen LogP contribution in [0.5, 0.6) is 0 Å². The fourth-order valence-corrected chi connectivity index (χ4v) is 1.37. The number of urea groups is 1. The van der Waals surface area contributed by atoms with E-state index in [9.17, 15) is 4.79 Å². The van der Waals surface area contributed by atoms with Crippen LogP contribution in [0.15, 0.2) is 5.16 Å². The molecule has 1 unspecified atom stereocenters. The second-order valence-corrected chi connectivity index (χ2v) is 3.77. The van der Waals surface area contributed by atoms with Gasteiger partial charge in [0.2, 0.25) is 0 Å². The second-order valence-electron chi connectivity index (χ2n) is 3.77. The van der Waals surface area contributed by atoms with Crippen molar-refractivity contribution in [1.82, 2.24) is 10.2 Å². The first-order chi connectivity index (χ1) is 7.63. The molecule has 2 amide bonds. The maximum absolute atomic E-state index is 11.6. The van der Waals surface area contributed by atoms with E-state index in [1.807, 2.05) is 0 Å². The molecule has 1 saturated heterocycles. The monoisotopic (exact) mass is 230 g/mol. The molecule has 0 radical (unpaired) electrons. The zero-order valence-electron chi connectivity index (χ0n) is 9.35. The van der Waals surface area contributed by atoms with Crippen LogP contribution < -0.4 is 11.1 Å². The summed E-state index contributed by atoms with van der Waals surface area (Å²) < 4.78 is 5.15. The van der Waals surface area contributed by atoms with Gasteiger partial charge in [-0.25, -0.2) is 4.79 Å². The van der Waals surface area contributed by atoms with Crippen LogP contribution in [0.2, 0.25) is 0 Å². The van der Waals surface area contributed by atoms with Gasteiger partial charge in [-0.05, 0) is 6.42 Å². The van der Waals surface area contributed by atoms with Crippen LogP contribution in [-0.2, 0) is 4.74 Å². The van der Waals surface area contributed by atoms with E-state index in [0.717, 1.165) is 6.42 Å². The molecule has 7 heteroatoms. The van der Waals surface area contributed by atoms with Crippen molar-refractivity contribution in [3.8, 4) is 0 Å². The highest BCUT2D eigenvalue weighted by atomic mass is 16.5. The molecule has 0 saturated carbocycles. The molecule has 0 spiro atoms. The molecule has 4 N–H and O–H groups in total. The summed E-state index contributed by atoms with van der Waals surface area (Å²) in [5, 5.41) is 14.0. The van der Waals surface area contributed by atoms with Crippen molar-refractivity contribution in [2.45, 2.75) is 18.9 Å². The van der Waals surface area contributed by atoms with E-state index in [1.54, 1.807) is 7.05 Å². The van der Waals surface area contributed by atoms with Gasteiger partial charge in [0, 0.05) is 26.6 Å². The van der Waals surface area contributed by atoms with E-state index in [1.165, 1.54) is 4.90 Å². The van der Waals surface area contributed by atoms with Crippen LogP contribution in [-0.4, -0.2) is 54.8 Å². The first-order valence-electron chi connectivity index (χ1n) is 5.19. The zero-order valence-corrected chi connectivity index (χ0v) is 9.35. The van der Waals surface area contributed by atoms with Crippen LogP contribution in [0.25, 0.3) is 0 Å². The number of hydrogen-bond donors (Lipinski definition) is 3. The third kappa shape index (κ3) is 3.93. The highest BCUT2D eigenvalue weighted by Crippen LogP contribution is 2.03. The van der Waals surface area contributed by atoms with Crippen LogP contribution in [0.3, 0.4) is 0 Å². The number of amidine groups is 1. The lowest BCUT2D eigenvalue weighted by atomic mass is 10.3. The number of rotatable bonds is 4. The van der Waals surface area contributed by atoms with Gasteiger partial charge in [0.25, 0.3) is 0 Å². The number of oxime groups is 1. The molecule has 1 fully saturated rings. The summed E-state index contributed by atoms with van der Waals surface area (Å²) in [6, 6.07) is -0.0694. The van der Waals surface area contributed by atoms with Crippen LogP contribution in [0.1, 0.15) is 12.8 Å². The number of hydrogen-bond acceptors (Lipinski definition) is 4. The standard InChI is InChI=1S/C9H18N4O3/c1-13(4-2-8(10)12-15)9(14)11-7-3-5-16-6-7/h7,15H,2-6H2,1H3,(H2,10,12)(H,11,14). The number of ether oxygens (including phenoxy) is 1. The normalized spacial score (nSPS) is 20.8. The average molecular weight is 230 g/mol. The van der Waals surface area contributed by atoms with Crippen molar-refractivity contribution in [1.29, 1.82) is 0 Å². The molecule has 0 aliphatic carbocycles. The van der Waals surface area contributed by atoms with Crippen molar-refractivity contribution < 1.29 is 14.7 Å². The molecule has 1 rings (SSSR count). The molecule has 16 heavy (non-hydrogen) atoms. The zero-order chi connectivity index (χ0) is 12.0. The van der Waals surface area contributed by atoms with Gasteiger partial charge in [-0.3, -0.25) is 0 Å². The van der Waals surface area contributed by atoms with Crippen molar-refractivity contribution in [3.05, 3.63) is 0 Å². The Morgan fingerprint density at radius 3 is 3.06 bits per heavy atom. The molecule has 1 aliphatic rings. The molecule has 0 aromatic carbocycles. The average Bonchev–Trinajstić information content (AvgIpc) is 2.77. The lowest BCUT2D eigenvalue weighted by Gasteiger charge is -2.19. The molecule has 1 atom stereocenters. The maximum atomic E-state index is 11.6. The Labute approximate surface area is 94.2 Å². The van der Waals surface area contributed by atoms with Gasteiger partial charge in [-0.1, -0.05) is 5.16 Å². The summed E-state index contributed by atoms with van der Waals surface area (Å²) >= 11 is 0. The third-order valence-corrected chi connectivity index (χ3v) is 2.44. The molecular weight excluding hydrogens is 212 g/mol. The highest BCUT2D eigenvalue weighted by molar-refractivity contribution is 5.80. The van der Waals surface area contributed by atoms with Gasteiger partial charge in [0.1, 0.15) is 5.84 Å². The second kappa shape index (κ2) is 6.16. The Kier molecular flexibility index (Phi) is 4.84. The lowest BCUT2D eigenvalue weighted by molar-refractivity contribution is 0.182. The fourth-order valence-electron chi connectivity index (χ4n) is 1.37. The van der Waals surface area contributed by atoms with Gasteiger partial charge in [0.15, 0.2) is 0 Å². The predicted octanol–water partition coefficient (Wildman–Crippen LogP) is -0.447. The summed E-state index contributed by atoms with van der Waals surface area (Å²) in [5.41, 5.74) is 5.31. The highest BCUT2D eigenvalue weighted by Gasteiger charge is 2.19. The Balaban J connectivity index is 2.24. The van der Waals surface area contributed by atoms with Gasteiger partial charge in [0.05, 0.1) is 12.6 Å². The molecule has 0 bridgehead atoms. The molecule has 0 aromatic rings. The van der Waals surface area contributed by atoms with Crippen LogP contribution in [0, 0.1) is 0 Å². The van der Waals surface area contributed by atoms with Crippen molar-refractivity contribution in [2.75, 3.05) is 26.8 Å². The minimum atomic E-state index is -0.166. The van der Waals surface area contributed by atoms with Gasteiger partial charge >= 0.3 is 6.03 Å². The molecule has 7 nitrogen and oxygen atoms in total. The van der Waals surface area contributed by atoms with Gasteiger partial charge in [-0.15, -0.1) is 0 Å². The lowest BCUT2D eigenvalue weighted by Crippen LogP contribution is -2.44. The van der Waals surface area contributed by atoms with E-state index in [0.29, 0.717) is 26.2 Å². The number of nitrogens with zero attached hydrogens (tertiary/aromatic N) is 2. The number of nitrogens with one attached hydrogen (secondary N) is 1. The van der Waals surface area contributed by atoms with Gasteiger partial charge < -0.3 is 25.9 Å². The summed E-state index contributed by atoms with van der Waals surface area (Å²) in [4.78, 5) is 13.1. The van der Waals surface area contributed by atoms with E-state index in [-0.39, 0.29) is 17.9 Å². The van der Waals surface area contributed by atoms with E-state index >= 15 is 0 Å². The van der Waals surface area contributed by atoms with E-state index < -0.39 is 0 Å². The van der Waals surface area contributed by atoms with Crippen molar-refractivity contribution >= 4 is 11.9 Å². The van der Waals surface area contributed by atoms with Crippen molar-refractivity contribution in [2.24, 2.45) is 10.9 Å². The summed E-state index contributed by atoms with van der Waals surface area (Å²) in [6.45, 7) is 1.67. The SMILES string of the molecule is CN(CCC(N)=NO)C(=O)NC1CCOC1. The summed E-state index contributed by atoms with van der Waals surface area (Å²) in [5.74, 6) is 0.115. The van der Waals surface area contributed by atoms with Crippen molar-refractivity contribution in [3.63, 3.8) is 0 Å². The first-order valence-corrected chi connectivity index (χ1v) is 5.19. The Morgan fingerprint density at radius 1 is 1.75 bits per heavy atom. The van der Waals surface area contributed by atoms with Crippen LogP contribution in [0.4, 0.5) is 4.79 Å². The number of nitrogens with two attached hydrogens (primary N) is 1. The topological polar surface area (TPSA) is 100 Å². The molecule has 92 valence electrons. The molecular formula is C9H18N4O3. The largest absolute Gasteiger partial charge is 0.409 e. The number of amides is 2. The smallest absolute Gasteiger partial charge is 0.317 e. The summed E-state index contributed by atoms with van der Waals surface area (Å²) in [7, 11) is 1.66. The number of carbonyl (C=O) groups excluding carboxylic acids is 1. The predicted molar refractivity (Wildman–Crippen MR) is 58.4 cm³/mol. The van der Waals surface area contributed by atoms with E-state index in [4.69, 9.17) is 15.7 Å². The minimum absolute atomic E-state index is 0.0961. The first kappa shape index (κ1) is 12.6. The summed E-state index contributed by atoms with van der Waals surface area (Å²) in [6.07, 6.45) is 1.20. The Hall–Kier alpha value is -1.50. The molecule has 0 aromatic heterocycles. The number of carbonyl (C=O) groups is 1. The fraction of sp³-hybridized carbons (Fsp3) is 0.778. The Bertz CT molecular complexity index is 263. The maximum Gasteiger partial charge on any atom is 0.317 e. The minimum Gasteiger partial charge on any atom is -0.409 e. The molecule has 1 aliphatic heterocycles. The molecule has 1 heterocycles. The third-order valence-electron chi connectivity index (χ3n) is 2.44. The Morgan fingerprint density at radius 2 is 2.50 bits per heavy atom. The quantitative estimate of drug-likeness (QED) is 0.263. The van der Waals surface area contributed by atoms with Crippen LogP contribution >= 0.6 is 0 Å².